The highest BCUT2D eigenvalue weighted by Crippen LogP contribution is 2.28. The summed E-state index contributed by atoms with van der Waals surface area (Å²) in [7, 11) is 1.95. The lowest BCUT2D eigenvalue weighted by Gasteiger charge is -2.06. The topological polar surface area (TPSA) is 56.7 Å². The fourth-order valence-corrected chi connectivity index (χ4v) is 2.01. The second kappa shape index (κ2) is 3.63. The summed E-state index contributed by atoms with van der Waals surface area (Å²) in [4.78, 5) is 4.28. The number of nitrogens with two attached hydrogens (primary N) is 1. The Hall–Kier alpha value is -1.84. The largest absolute Gasteiger partial charge is 0.384 e. The van der Waals surface area contributed by atoms with Crippen LogP contribution in [0.3, 0.4) is 0 Å². The zero-order valence-electron chi connectivity index (χ0n) is 10.1. The molecule has 0 unspecified atom stereocenters. The Kier molecular flexibility index (Phi) is 2.42. The number of hydrogen-bond acceptors (Lipinski definition) is 3. The van der Waals surface area contributed by atoms with Crippen LogP contribution in [0, 0.1) is 20.8 Å². The highest BCUT2D eigenvalue weighted by Gasteiger charge is 2.13. The van der Waals surface area contributed by atoms with Crippen LogP contribution in [-0.2, 0) is 7.05 Å². The molecule has 0 amide bonds. The van der Waals surface area contributed by atoms with Crippen molar-refractivity contribution in [3.8, 4) is 11.1 Å². The molecule has 0 bridgehead atoms. The predicted octanol–water partition coefficient (Wildman–Crippen LogP) is 1.99. The van der Waals surface area contributed by atoms with E-state index in [1.807, 2.05) is 37.7 Å². The van der Waals surface area contributed by atoms with Crippen LogP contribution in [-0.4, -0.2) is 14.8 Å². The number of aryl methyl sites for hydroxylation is 3. The molecule has 0 saturated heterocycles. The van der Waals surface area contributed by atoms with E-state index >= 15 is 0 Å². The molecule has 2 aromatic heterocycles. The third-order valence-electron chi connectivity index (χ3n) is 2.89. The van der Waals surface area contributed by atoms with Gasteiger partial charge in [0.1, 0.15) is 5.82 Å². The Balaban J connectivity index is 2.67. The van der Waals surface area contributed by atoms with E-state index in [2.05, 4.69) is 17.0 Å². The van der Waals surface area contributed by atoms with Crippen LogP contribution < -0.4 is 5.73 Å². The van der Waals surface area contributed by atoms with Gasteiger partial charge in [0.25, 0.3) is 0 Å². The number of hydrogen-bond donors (Lipinski definition) is 1. The van der Waals surface area contributed by atoms with Gasteiger partial charge in [0.05, 0.1) is 5.69 Å². The van der Waals surface area contributed by atoms with Gasteiger partial charge in [-0.05, 0) is 32.9 Å². The van der Waals surface area contributed by atoms with Crippen LogP contribution in [0.4, 0.5) is 5.82 Å². The maximum absolute atomic E-state index is 5.65. The van der Waals surface area contributed by atoms with Gasteiger partial charge in [0.2, 0.25) is 0 Å². The molecular formula is C12H16N4. The fraction of sp³-hybridized carbons (Fsp3) is 0.333. The highest BCUT2D eigenvalue weighted by atomic mass is 15.3. The van der Waals surface area contributed by atoms with E-state index in [0.717, 1.165) is 28.2 Å². The summed E-state index contributed by atoms with van der Waals surface area (Å²) >= 11 is 0. The molecular weight excluding hydrogens is 200 g/mol. The van der Waals surface area contributed by atoms with Gasteiger partial charge < -0.3 is 5.73 Å². The SMILES string of the molecule is Cc1nc(N)ccc1-c1c(C)nn(C)c1C. The van der Waals surface area contributed by atoms with Crippen molar-refractivity contribution in [1.82, 2.24) is 14.8 Å². The smallest absolute Gasteiger partial charge is 0.123 e. The minimum atomic E-state index is 0.556. The van der Waals surface area contributed by atoms with Crippen molar-refractivity contribution in [3.63, 3.8) is 0 Å². The van der Waals surface area contributed by atoms with Gasteiger partial charge in [-0.25, -0.2) is 4.98 Å². The Morgan fingerprint density at radius 3 is 2.31 bits per heavy atom. The standard InChI is InChI=1S/C12H16N4/c1-7-10(5-6-11(13)14-7)12-8(2)15-16(4)9(12)3/h5-6H,1-4H3,(H2,13,14). The summed E-state index contributed by atoms with van der Waals surface area (Å²) in [5.74, 6) is 0.556. The lowest BCUT2D eigenvalue weighted by molar-refractivity contribution is 0.731. The van der Waals surface area contributed by atoms with Crippen molar-refractivity contribution in [2.24, 2.45) is 7.05 Å². The molecule has 4 heteroatoms. The lowest BCUT2D eigenvalue weighted by Crippen LogP contribution is -1.96. The molecule has 2 heterocycles. The molecule has 4 nitrogen and oxygen atoms in total. The van der Waals surface area contributed by atoms with Crippen LogP contribution in [0.25, 0.3) is 11.1 Å². The minimum absolute atomic E-state index is 0.556. The number of aromatic nitrogens is 3. The van der Waals surface area contributed by atoms with Crippen molar-refractivity contribution >= 4 is 5.82 Å². The normalized spacial score (nSPS) is 10.8. The van der Waals surface area contributed by atoms with Crippen LogP contribution >= 0.6 is 0 Å². The van der Waals surface area contributed by atoms with Gasteiger partial charge >= 0.3 is 0 Å². The third-order valence-corrected chi connectivity index (χ3v) is 2.89. The van der Waals surface area contributed by atoms with E-state index in [1.54, 1.807) is 0 Å². The van der Waals surface area contributed by atoms with Crippen molar-refractivity contribution < 1.29 is 0 Å². The van der Waals surface area contributed by atoms with Gasteiger partial charge in [-0.15, -0.1) is 0 Å². The molecule has 0 aliphatic rings. The summed E-state index contributed by atoms with van der Waals surface area (Å²) in [6, 6.07) is 3.84. The first kappa shape index (κ1) is 10.7. The average Bonchev–Trinajstić information content (AvgIpc) is 2.43. The quantitative estimate of drug-likeness (QED) is 0.793. The molecule has 0 aliphatic carbocycles. The van der Waals surface area contributed by atoms with Crippen molar-refractivity contribution in [3.05, 3.63) is 29.2 Å². The molecule has 0 fully saturated rings. The van der Waals surface area contributed by atoms with Gasteiger partial charge in [-0.2, -0.15) is 5.10 Å². The monoisotopic (exact) mass is 216 g/mol. The fourth-order valence-electron chi connectivity index (χ4n) is 2.01. The highest BCUT2D eigenvalue weighted by molar-refractivity contribution is 5.71. The van der Waals surface area contributed by atoms with Crippen LogP contribution in [0.1, 0.15) is 17.1 Å². The Bertz CT molecular complexity index is 540. The molecule has 2 rings (SSSR count). The van der Waals surface area contributed by atoms with Crippen LogP contribution in [0.15, 0.2) is 12.1 Å². The molecule has 0 saturated carbocycles. The molecule has 0 atom stereocenters. The van der Waals surface area contributed by atoms with Gasteiger partial charge in [0.15, 0.2) is 0 Å². The first-order valence-corrected chi connectivity index (χ1v) is 5.24. The summed E-state index contributed by atoms with van der Waals surface area (Å²) in [5, 5.41) is 4.41. The Morgan fingerprint density at radius 1 is 1.12 bits per heavy atom. The number of anilines is 1. The zero-order valence-corrected chi connectivity index (χ0v) is 10.1. The van der Waals surface area contributed by atoms with E-state index in [-0.39, 0.29) is 0 Å². The number of rotatable bonds is 1. The lowest BCUT2D eigenvalue weighted by atomic mass is 10.0. The molecule has 0 aliphatic heterocycles. The zero-order chi connectivity index (χ0) is 11.9. The van der Waals surface area contributed by atoms with E-state index in [0.29, 0.717) is 5.82 Å². The first-order valence-electron chi connectivity index (χ1n) is 5.24. The second-order valence-electron chi connectivity index (χ2n) is 4.04. The molecule has 16 heavy (non-hydrogen) atoms. The first-order chi connectivity index (χ1) is 7.50. The van der Waals surface area contributed by atoms with Crippen molar-refractivity contribution in [2.75, 3.05) is 5.73 Å². The minimum Gasteiger partial charge on any atom is -0.384 e. The Morgan fingerprint density at radius 2 is 1.81 bits per heavy atom. The molecule has 2 N–H and O–H groups in total. The van der Waals surface area contributed by atoms with Gasteiger partial charge in [0, 0.05) is 29.6 Å². The summed E-state index contributed by atoms with van der Waals surface area (Å²) in [6.45, 7) is 6.04. The molecule has 0 spiro atoms. The predicted molar refractivity (Wildman–Crippen MR) is 65.1 cm³/mol. The van der Waals surface area contributed by atoms with Gasteiger partial charge in [-0.3, -0.25) is 4.68 Å². The summed E-state index contributed by atoms with van der Waals surface area (Å²) in [6.07, 6.45) is 0. The molecule has 0 aromatic carbocycles. The summed E-state index contributed by atoms with van der Waals surface area (Å²) < 4.78 is 1.89. The molecule has 0 radical (unpaired) electrons. The number of nitrogen functional groups attached to an aromatic ring is 1. The van der Waals surface area contributed by atoms with E-state index in [9.17, 15) is 0 Å². The summed E-state index contributed by atoms with van der Waals surface area (Å²) in [5.41, 5.74) is 11.0. The van der Waals surface area contributed by atoms with Gasteiger partial charge in [-0.1, -0.05) is 0 Å². The number of pyridine rings is 1. The number of nitrogens with zero attached hydrogens (tertiary/aromatic N) is 3. The maximum Gasteiger partial charge on any atom is 0.123 e. The second-order valence-corrected chi connectivity index (χ2v) is 4.04. The van der Waals surface area contributed by atoms with Crippen LogP contribution in [0.2, 0.25) is 0 Å². The average molecular weight is 216 g/mol. The van der Waals surface area contributed by atoms with E-state index < -0.39 is 0 Å². The molecule has 2 aromatic rings. The van der Waals surface area contributed by atoms with Crippen molar-refractivity contribution in [2.45, 2.75) is 20.8 Å². The van der Waals surface area contributed by atoms with E-state index in [1.165, 1.54) is 0 Å². The third kappa shape index (κ3) is 1.56. The van der Waals surface area contributed by atoms with Crippen LogP contribution in [0.5, 0.6) is 0 Å². The molecule has 84 valence electrons. The Labute approximate surface area is 95.1 Å². The van der Waals surface area contributed by atoms with Crippen molar-refractivity contribution in [1.29, 1.82) is 0 Å². The maximum atomic E-state index is 5.65. The van der Waals surface area contributed by atoms with E-state index in [4.69, 9.17) is 5.73 Å².